The third-order valence-corrected chi connectivity index (χ3v) is 9.92. The van der Waals surface area contributed by atoms with Crippen molar-refractivity contribution in [2.75, 3.05) is 0 Å². The van der Waals surface area contributed by atoms with E-state index < -0.39 is 0 Å². The Kier molecular flexibility index (Phi) is 6.54. The molecule has 49 heavy (non-hydrogen) atoms. The molecule has 5 nitrogen and oxygen atoms in total. The van der Waals surface area contributed by atoms with Gasteiger partial charge in [-0.2, -0.15) is 10.5 Å². The van der Waals surface area contributed by atoms with E-state index in [-0.39, 0.29) is 5.92 Å². The molecule has 9 rings (SSSR count). The second-order valence-electron chi connectivity index (χ2n) is 12.6. The van der Waals surface area contributed by atoms with Crippen molar-refractivity contribution in [3.8, 4) is 29.0 Å². The summed E-state index contributed by atoms with van der Waals surface area (Å²) in [6.45, 7) is 2.27. The fraction of sp³-hybridized carbons (Fsp3) is 0.0682. The van der Waals surface area contributed by atoms with Gasteiger partial charge in [-0.25, -0.2) is 0 Å². The Hall–Kier alpha value is -6.69. The van der Waals surface area contributed by atoms with Gasteiger partial charge in [-0.3, -0.25) is 4.98 Å². The number of allylic oxidation sites excluding steroid dienone is 4. The maximum absolute atomic E-state index is 10.5. The number of pyridine rings is 1. The zero-order chi connectivity index (χ0) is 33.1. The van der Waals surface area contributed by atoms with Crippen molar-refractivity contribution in [3.63, 3.8) is 0 Å². The average Bonchev–Trinajstić information content (AvgIpc) is 3.67. The van der Waals surface area contributed by atoms with Crippen molar-refractivity contribution < 1.29 is 0 Å². The van der Waals surface area contributed by atoms with Gasteiger partial charge in [0.1, 0.15) is 12.1 Å². The number of rotatable bonds is 4. The molecule has 0 spiro atoms. The van der Waals surface area contributed by atoms with E-state index in [1.165, 1.54) is 16.5 Å². The molecule has 1 atom stereocenters. The number of hydrogen-bond acceptors (Lipinski definition) is 3. The molecule has 230 valence electrons. The molecule has 1 aliphatic carbocycles. The van der Waals surface area contributed by atoms with Crippen LogP contribution in [-0.2, 0) is 0 Å². The van der Waals surface area contributed by atoms with E-state index in [0.717, 1.165) is 67.2 Å². The normalized spacial score (nSPS) is 14.6. The van der Waals surface area contributed by atoms with Crippen molar-refractivity contribution in [3.05, 3.63) is 156 Å². The van der Waals surface area contributed by atoms with Crippen LogP contribution in [0.1, 0.15) is 30.0 Å². The maximum Gasteiger partial charge on any atom is 0.101 e. The highest BCUT2D eigenvalue weighted by molar-refractivity contribution is 6.13. The van der Waals surface area contributed by atoms with E-state index in [1.54, 1.807) is 6.20 Å². The highest BCUT2D eigenvalue weighted by atomic mass is 15.0. The molecule has 0 amide bonds. The predicted molar refractivity (Wildman–Crippen MR) is 199 cm³/mol. The van der Waals surface area contributed by atoms with Gasteiger partial charge in [-0.05, 0) is 48.4 Å². The van der Waals surface area contributed by atoms with Crippen molar-refractivity contribution in [1.82, 2.24) is 14.1 Å². The molecule has 0 aliphatic heterocycles. The zero-order valence-corrected chi connectivity index (χ0v) is 26.8. The second-order valence-corrected chi connectivity index (χ2v) is 12.6. The smallest absolute Gasteiger partial charge is 0.101 e. The van der Waals surface area contributed by atoms with Crippen LogP contribution in [0, 0.1) is 28.6 Å². The van der Waals surface area contributed by atoms with Gasteiger partial charge in [0, 0.05) is 62.3 Å². The van der Waals surface area contributed by atoms with E-state index in [9.17, 15) is 10.5 Å². The Morgan fingerprint density at radius 2 is 1.16 bits per heavy atom. The quantitative estimate of drug-likeness (QED) is 0.195. The van der Waals surface area contributed by atoms with Crippen molar-refractivity contribution >= 4 is 54.9 Å². The van der Waals surface area contributed by atoms with Crippen molar-refractivity contribution in [2.24, 2.45) is 5.92 Å². The molecular weight excluding hydrogens is 599 g/mol. The lowest BCUT2D eigenvalue weighted by atomic mass is 9.85. The maximum atomic E-state index is 10.5. The van der Waals surface area contributed by atoms with Crippen molar-refractivity contribution in [2.45, 2.75) is 13.3 Å². The van der Waals surface area contributed by atoms with E-state index in [0.29, 0.717) is 11.1 Å². The first-order valence-corrected chi connectivity index (χ1v) is 16.5. The molecule has 8 aromatic rings. The van der Waals surface area contributed by atoms with Gasteiger partial charge in [0.2, 0.25) is 0 Å². The van der Waals surface area contributed by atoms with Gasteiger partial charge in [0.05, 0.1) is 38.9 Å². The van der Waals surface area contributed by atoms with E-state index in [2.05, 4.69) is 124 Å². The highest BCUT2D eigenvalue weighted by Gasteiger charge is 2.26. The Bertz CT molecular complexity index is 2690. The van der Waals surface area contributed by atoms with Gasteiger partial charge in [-0.1, -0.05) is 97.9 Å². The van der Waals surface area contributed by atoms with Crippen LogP contribution >= 0.6 is 0 Å². The number of para-hydroxylation sites is 4. The standard InChI is InChI=1S/C44H29N5/c1-28-11-10-16-36(44(28)49-40-19-8-4-14-34(40)35-15-5-9-20-41(35)49)37-27-47-26-31(25-46)43(37)29-21-22-30(24-45)42(23-29)48-38-17-6-2-12-32(38)33-13-3-7-18-39(33)48/h2-10,12-23,26-28H,11H2,1H3. The molecule has 1 unspecified atom stereocenters. The van der Waals surface area contributed by atoms with Crippen LogP contribution in [-0.4, -0.2) is 14.1 Å². The number of aromatic nitrogens is 3. The lowest BCUT2D eigenvalue weighted by Gasteiger charge is -2.26. The first-order chi connectivity index (χ1) is 24.2. The summed E-state index contributed by atoms with van der Waals surface area (Å²) in [6.07, 6.45) is 8.85. The lowest BCUT2D eigenvalue weighted by Crippen LogP contribution is -2.12. The van der Waals surface area contributed by atoms with Crippen LogP contribution < -0.4 is 0 Å². The molecule has 5 heteroatoms. The fourth-order valence-corrected chi connectivity index (χ4v) is 7.81. The number of benzene rings is 5. The number of hydrogen-bond donors (Lipinski definition) is 0. The van der Waals surface area contributed by atoms with Crippen LogP contribution in [0.2, 0.25) is 0 Å². The third kappa shape index (κ3) is 4.27. The molecule has 0 radical (unpaired) electrons. The molecule has 1 aliphatic rings. The molecule has 0 saturated carbocycles. The van der Waals surface area contributed by atoms with Crippen LogP contribution in [0.4, 0.5) is 0 Å². The van der Waals surface area contributed by atoms with Crippen LogP contribution in [0.3, 0.4) is 0 Å². The molecule has 3 aromatic heterocycles. The minimum absolute atomic E-state index is 0.201. The van der Waals surface area contributed by atoms with E-state index >= 15 is 0 Å². The molecular formula is C44H29N5. The SMILES string of the molecule is CC1CC=CC(c2cncc(C#N)c2-c2ccc(C#N)c(-n3c4ccccc4c4ccccc43)c2)=C1n1c2ccccc2c2ccccc21. The average molecular weight is 628 g/mol. The monoisotopic (exact) mass is 627 g/mol. The Balaban J connectivity index is 1.35. The number of fused-ring (bicyclic) bond motifs is 6. The largest absolute Gasteiger partial charge is 0.312 e. The molecule has 0 bridgehead atoms. The minimum Gasteiger partial charge on any atom is -0.312 e. The Morgan fingerprint density at radius 3 is 1.71 bits per heavy atom. The molecule has 3 heterocycles. The predicted octanol–water partition coefficient (Wildman–Crippen LogP) is 10.7. The third-order valence-electron chi connectivity index (χ3n) is 9.92. The summed E-state index contributed by atoms with van der Waals surface area (Å²) in [5, 5.41) is 25.6. The lowest BCUT2D eigenvalue weighted by molar-refractivity contribution is 0.728. The molecule has 5 aromatic carbocycles. The summed E-state index contributed by atoms with van der Waals surface area (Å²) in [6, 6.07) is 44.5. The molecule has 0 fully saturated rings. The fourth-order valence-electron chi connectivity index (χ4n) is 7.81. The summed E-state index contributed by atoms with van der Waals surface area (Å²) in [5.41, 5.74) is 10.9. The molecule has 0 saturated heterocycles. The number of nitrogens with zero attached hydrogens (tertiary/aromatic N) is 5. The van der Waals surface area contributed by atoms with E-state index in [4.69, 9.17) is 0 Å². The van der Waals surface area contributed by atoms with Crippen LogP contribution in [0.25, 0.3) is 71.7 Å². The van der Waals surface area contributed by atoms with Crippen LogP contribution in [0.5, 0.6) is 0 Å². The summed E-state index contributed by atoms with van der Waals surface area (Å²) in [4.78, 5) is 4.61. The first-order valence-electron chi connectivity index (χ1n) is 16.5. The van der Waals surface area contributed by atoms with Gasteiger partial charge in [0.25, 0.3) is 0 Å². The van der Waals surface area contributed by atoms with Gasteiger partial charge in [0.15, 0.2) is 0 Å². The van der Waals surface area contributed by atoms with Gasteiger partial charge < -0.3 is 9.13 Å². The second kappa shape index (κ2) is 11.2. The topological polar surface area (TPSA) is 70.3 Å². The summed E-state index contributed by atoms with van der Waals surface area (Å²) in [5.74, 6) is 0.201. The number of nitriles is 2. The van der Waals surface area contributed by atoms with Gasteiger partial charge in [-0.15, -0.1) is 0 Å². The Morgan fingerprint density at radius 1 is 0.633 bits per heavy atom. The Labute approximate surface area is 283 Å². The highest BCUT2D eigenvalue weighted by Crippen LogP contribution is 2.44. The summed E-state index contributed by atoms with van der Waals surface area (Å²) in [7, 11) is 0. The van der Waals surface area contributed by atoms with Gasteiger partial charge >= 0.3 is 0 Å². The first kappa shape index (κ1) is 28.5. The summed E-state index contributed by atoms with van der Waals surface area (Å²) >= 11 is 0. The summed E-state index contributed by atoms with van der Waals surface area (Å²) < 4.78 is 4.57. The van der Waals surface area contributed by atoms with Crippen LogP contribution in [0.15, 0.2) is 140 Å². The minimum atomic E-state index is 0.201. The zero-order valence-electron chi connectivity index (χ0n) is 26.8. The van der Waals surface area contributed by atoms with Crippen molar-refractivity contribution in [1.29, 1.82) is 10.5 Å². The van der Waals surface area contributed by atoms with E-state index in [1.807, 2.05) is 42.6 Å². The molecule has 0 N–H and O–H groups in total.